The van der Waals surface area contributed by atoms with Gasteiger partial charge in [0, 0.05) is 24.7 Å². The van der Waals surface area contributed by atoms with Crippen LogP contribution in [0.5, 0.6) is 11.5 Å². The number of benzene rings is 3. The van der Waals surface area contributed by atoms with Gasteiger partial charge in [0.15, 0.2) is 0 Å². The van der Waals surface area contributed by atoms with Gasteiger partial charge in [0.2, 0.25) is 5.91 Å². The van der Waals surface area contributed by atoms with Gasteiger partial charge in [-0.05, 0) is 41.8 Å². The molecule has 0 N–H and O–H groups in total. The van der Waals surface area contributed by atoms with Gasteiger partial charge in [-0.3, -0.25) is 9.59 Å². The van der Waals surface area contributed by atoms with Crippen LogP contribution in [0.25, 0.3) is 11.3 Å². The molecule has 1 amide bonds. The minimum Gasteiger partial charge on any atom is -0.497 e. The quantitative estimate of drug-likeness (QED) is 0.338. The number of aromatic nitrogens is 2. The van der Waals surface area contributed by atoms with E-state index in [1.165, 1.54) is 10.7 Å². The van der Waals surface area contributed by atoms with Crippen molar-refractivity contribution in [3.05, 3.63) is 112 Å². The second kappa shape index (κ2) is 11.8. The third-order valence-corrected chi connectivity index (χ3v) is 5.92. The van der Waals surface area contributed by atoms with E-state index in [-0.39, 0.29) is 18.0 Å². The molecule has 0 aliphatic rings. The molecule has 4 rings (SSSR count). The average Bonchev–Trinajstić information content (AvgIpc) is 2.93. The van der Waals surface area contributed by atoms with Crippen molar-refractivity contribution in [2.45, 2.75) is 19.5 Å². The standard InChI is InChI=1S/C29H29N3O4/c1-35-24-13-15-27(36-2)25(19-24)26-14-16-28(33)32(30-26)21-29(34)31(20-23-11-7-4-8-12-23)18-17-22-9-5-3-6-10-22/h3-16,19H,17-18,20-21H2,1-2H3. The third kappa shape index (κ3) is 6.18. The molecule has 1 heterocycles. The van der Waals surface area contributed by atoms with Crippen molar-refractivity contribution in [3.63, 3.8) is 0 Å². The maximum absolute atomic E-state index is 13.4. The molecule has 184 valence electrons. The number of methoxy groups -OCH3 is 2. The largest absolute Gasteiger partial charge is 0.497 e. The Kier molecular flexibility index (Phi) is 8.13. The second-order valence-corrected chi connectivity index (χ2v) is 8.32. The Morgan fingerprint density at radius 1 is 0.861 bits per heavy atom. The van der Waals surface area contributed by atoms with Crippen LogP contribution in [0.3, 0.4) is 0 Å². The van der Waals surface area contributed by atoms with Crippen LogP contribution >= 0.6 is 0 Å². The normalized spacial score (nSPS) is 10.6. The molecular formula is C29H29N3O4. The Labute approximate surface area is 210 Å². The monoisotopic (exact) mass is 483 g/mol. The maximum Gasteiger partial charge on any atom is 0.267 e. The molecule has 0 radical (unpaired) electrons. The summed E-state index contributed by atoms with van der Waals surface area (Å²) in [6.07, 6.45) is 0.711. The lowest BCUT2D eigenvalue weighted by Crippen LogP contribution is -2.38. The van der Waals surface area contributed by atoms with E-state index in [4.69, 9.17) is 9.47 Å². The Hall–Kier alpha value is -4.39. The van der Waals surface area contributed by atoms with Crippen LogP contribution in [0, 0.1) is 0 Å². The van der Waals surface area contributed by atoms with Gasteiger partial charge in [0.05, 0.1) is 19.9 Å². The summed E-state index contributed by atoms with van der Waals surface area (Å²) in [4.78, 5) is 27.9. The lowest BCUT2D eigenvalue weighted by atomic mass is 10.1. The minimum absolute atomic E-state index is 0.166. The van der Waals surface area contributed by atoms with E-state index in [0.717, 1.165) is 11.1 Å². The molecule has 3 aromatic carbocycles. The molecule has 0 aliphatic carbocycles. The van der Waals surface area contributed by atoms with Gasteiger partial charge >= 0.3 is 0 Å². The van der Waals surface area contributed by atoms with E-state index in [2.05, 4.69) is 5.10 Å². The minimum atomic E-state index is -0.350. The summed E-state index contributed by atoms with van der Waals surface area (Å²) in [5, 5.41) is 4.50. The number of hydrogen-bond acceptors (Lipinski definition) is 5. The van der Waals surface area contributed by atoms with Gasteiger partial charge in [-0.15, -0.1) is 0 Å². The molecule has 4 aromatic rings. The van der Waals surface area contributed by atoms with Crippen LogP contribution in [-0.2, 0) is 24.3 Å². The van der Waals surface area contributed by atoms with Gasteiger partial charge in [-0.2, -0.15) is 5.10 Å². The summed E-state index contributed by atoms with van der Waals surface area (Å²) in [5.41, 5.74) is 3.00. The summed E-state index contributed by atoms with van der Waals surface area (Å²) < 4.78 is 12.0. The lowest BCUT2D eigenvalue weighted by molar-refractivity contribution is -0.132. The highest BCUT2D eigenvalue weighted by atomic mass is 16.5. The van der Waals surface area contributed by atoms with Crippen molar-refractivity contribution in [2.24, 2.45) is 0 Å². The summed E-state index contributed by atoms with van der Waals surface area (Å²) in [5.74, 6) is 1.05. The zero-order valence-corrected chi connectivity index (χ0v) is 20.5. The fourth-order valence-electron chi connectivity index (χ4n) is 3.95. The zero-order chi connectivity index (χ0) is 25.3. The molecule has 0 saturated heterocycles. The number of carbonyl (C=O) groups excluding carboxylic acids is 1. The van der Waals surface area contributed by atoms with Crippen molar-refractivity contribution >= 4 is 5.91 Å². The molecule has 7 heteroatoms. The number of nitrogens with zero attached hydrogens (tertiary/aromatic N) is 3. The van der Waals surface area contributed by atoms with Crippen molar-refractivity contribution in [3.8, 4) is 22.8 Å². The van der Waals surface area contributed by atoms with Gasteiger partial charge in [-0.1, -0.05) is 60.7 Å². The fourth-order valence-corrected chi connectivity index (χ4v) is 3.95. The van der Waals surface area contributed by atoms with Crippen LogP contribution in [0.2, 0.25) is 0 Å². The molecule has 0 aliphatic heterocycles. The first-order valence-electron chi connectivity index (χ1n) is 11.7. The fraction of sp³-hybridized carbons (Fsp3) is 0.207. The number of ether oxygens (including phenoxy) is 2. The molecule has 0 unspecified atom stereocenters. The molecular weight excluding hydrogens is 454 g/mol. The molecule has 0 fully saturated rings. The van der Waals surface area contributed by atoms with E-state index in [9.17, 15) is 9.59 Å². The SMILES string of the molecule is COc1ccc(OC)c(-c2ccc(=O)n(CC(=O)N(CCc3ccccc3)Cc3ccccc3)n2)c1. The van der Waals surface area contributed by atoms with Gasteiger partial charge in [-0.25, -0.2) is 4.68 Å². The van der Waals surface area contributed by atoms with E-state index >= 15 is 0 Å². The van der Waals surface area contributed by atoms with Crippen molar-refractivity contribution in [1.29, 1.82) is 0 Å². The van der Waals surface area contributed by atoms with Gasteiger partial charge < -0.3 is 14.4 Å². The van der Waals surface area contributed by atoms with Gasteiger partial charge in [0.25, 0.3) is 5.56 Å². The molecule has 0 saturated carbocycles. The third-order valence-electron chi connectivity index (χ3n) is 5.92. The van der Waals surface area contributed by atoms with Crippen LogP contribution in [0.1, 0.15) is 11.1 Å². The molecule has 0 bridgehead atoms. The van der Waals surface area contributed by atoms with Crippen molar-refractivity contribution in [2.75, 3.05) is 20.8 Å². The predicted molar refractivity (Wildman–Crippen MR) is 139 cm³/mol. The van der Waals surface area contributed by atoms with Crippen LogP contribution < -0.4 is 15.0 Å². The molecule has 7 nitrogen and oxygen atoms in total. The van der Waals surface area contributed by atoms with Crippen LogP contribution in [0.15, 0.2) is 95.8 Å². The Morgan fingerprint density at radius 2 is 1.56 bits per heavy atom. The van der Waals surface area contributed by atoms with Gasteiger partial charge in [0.1, 0.15) is 18.0 Å². The maximum atomic E-state index is 13.4. The molecule has 36 heavy (non-hydrogen) atoms. The Balaban J connectivity index is 1.59. The van der Waals surface area contributed by atoms with Crippen molar-refractivity contribution in [1.82, 2.24) is 14.7 Å². The van der Waals surface area contributed by atoms with E-state index in [1.807, 2.05) is 60.7 Å². The number of carbonyl (C=O) groups is 1. The number of hydrogen-bond donors (Lipinski definition) is 0. The topological polar surface area (TPSA) is 73.7 Å². The Morgan fingerprint density at radius 3 is 2.22 bits per heavy atom. The summed E-state index contributed by atoms with van der Waals surface area (Å²) in [6.45, 7) is 0.807. The smallest absolute Gasteiger partial charge is 0.267 e. The molecule has 1 aromatic heterocycles. The first-order chi connectivity index (χ1) is 17.6. The number of amides is 1. The summed E-state index contributed by atoms with van der Waals surface area (Å²) >= 11 is 0. The first kappa shape index (κ1) is 24.7. The van der Waals surface area contributed by atoms with E-state index < -0.39 is 0 Å². The molecule has 0 spiro atoms. The highest BCUT2D eigenvalue weighted by Crippen LogP contribution is 2.31. The average molecular weight is 484 g/mol. The van der Waals surface area contributed by atoms with Crippen LogP contribution in [0.4, 0.5) is 0 Å². The highest BCUT2D eigenvalue weighted by Gasteiger charge is 2.17. The molecule has 0 atom stereocenters. The predicted octanol–water partition coefficient (Wildman–Crippen LogP) is 4.20. The van der Waals surface area contributed by atoms with E-state index in [0.29, 0.717) is 42.3 Å². The number of rotatable bonds is 10. The first-order valence-corrected chi connectivity index (χ1v) is 11.7. The summed E-state index contributed by atoms with van der Waals surface area (Å²) in [6, 6.07) is 28.3. The van der Waals surface area contributed by atoms with Crippen LogP contribution in [-0.4, -0.2) is 41.4 Å². The second-order valence-electron chi connectivity index (χ2n) is 8.32. The Bertz CT molecular complexity index is 1350. The lowest BCUT2D eigenvalue weighted by Gasteiger charge is -2.23. The highest BCUT2D eigenvalue weighted by molar-refractivity contribution is 5.76. The van der Waals surface area contributed by atoms with Crippen molar-refractivity contribution < 1.29 is 14.3 Å². The van der Waals surface area contributed by atoms with E-state index in [1.54, 1.807) is 43.4 Å². The zero-order valence-electron chi connectivity index (χ0n) is 20.5. The summed E-state index contributed by atoms with van der Waals surface area (Å²) in [7, 11) is 3.15.